The third kappa shape index (κ3) is 3.27. The molecule has 2 aromatic rings. The second kappa shape index (κ2) is 6.31. The number of hydrogen-bond acceptors (Lipinski definition) is 3. The van der Waals surface area contributed by atoms with Gasteiger partial charge in [-0.2, -0.15) is 0 Å². The van der Waals surface area contributed by atoms with Gasteiger partial charge in [-0.25, -0.2) is 4.98 Å². The number of nitrogens with one attached hydrogen (secondary N) is 1. The quantitative estimate of drug-likeness (QED) is 0.887. The molecular formula is C17H23N3O. The van der Waals surface area contributed by atoms with E-state index in [0.29, 0.717) is 11.8 Å². The first-order chi connectivity index (χ1) is 10.2. The molecule has 1 unspecified atom stereocenters. The van der Waals surface area contributed by atoms with Crippen LogP contribution >= 0.6 is 0 Å². The van der Waals surface area contributed by atoms with Crippen molar-refractivity contribution in [2.75, 3.05) is 13.2 Å². The lowest BCUT2D eigenvalue weighted by molar-refractivity contribution is 0.317. The predicted molar refractivity (Wildman–Crippen MR) is 83.4 cm³/mol. The molecule has 0 amide bonds. The Balaban J connectivity index is 1.65. The average Bonchev–Trinajstić information content (AvgIpc) is 3.07. The van der Waals surface area contributed by atoms with Crippen LogP contribution in [-0.4, -0.2) is 22.7 Å². The average molecular weight is 285 g/mol. The molecular weight excluding hydrogens is 262 g/mol. The largest absolute Gasteiger partial charge is 0.493 e. The highest BCUT2D eigenvalue weighted by molar-refractivity contribution is 5.39. The number of fused-ring (bicyclic) bond motifs is 1. The van der Waals surface area contributed by atoms with Crippen molar-refractivity contribution in [3.63, 3.8) is 0 Å². The minimum Gasteiger partial charge on any atom is -0.493 e. The molecule has 0 saturated carbocycles. The lowest BCUT2D eigenvalue weighted by atomic mass is 10.0. The smallest absolute Gasteiger partial charge is 0.122 e. The molecule has 1 aliphatic heterocycles. The number of nitrogens with zero attached hydrogens (tertiary/aromatic N) is 2. The maximum Gasteiger partial charge on any atom is 0.122 e. The van der Waals surface area contributed by atoms with Crippen molar-refractivity contribution in [3.05, 3.63) is 48.0 Å². The van der Waals surface area contributed by atoms with E-state index in [1.165, 1.54) is 5.56 Å². The summed E-state index contributed by atoms with van der Waals surface area (Å²) in [6.07, 6.45) is 3.95. The number of para-hydroxylation sites is 1. The first-order valence-electron chi connectivity index (χ1n) is 7.66. The normalized spacial score (nSPS) is 17.0. The van der Waals surface area contributed by atoms with Gasteiger partial charge >= 0.3 is 0 Å². The van der Waals surface area contributed by atoms with Gasteiger partial charge in [-0.05, 0) is 18.5 Å². The SMILES string of the molecule is CC(C)CNCc1nccn1CC1COc2ccccc21. The highest BCUT2D eigenvalue weighted by Gasteiger charge is 2.24. The molecule has 2 heterocycles. The molecule has 0 spiro atoms. The van der Waals surface area contributed by atoms with Crippen molar-refractivity contribution < 1.29 is 4.74 Å². The number of imidazole rings is 1. The number of ether oxygens (including phenoxy) is 1. The Labute approximate surface area is 126 Å². The first kappa shape index (κ1) is 14.1. The van der Waals surface area contributed by atoms with E-state index < -0.39 is 0 Å². The van der Waals surface area contributed by atoms with E-state index in [2.05, 4.69) is 47.0 Å². The molecule has 0 radical (unpaired) electrons. The maximum atomic E-state index is 5.76. The molecule has 21 heavy (non-hydrogen) atoms. The van der Waals surface area contributed by atoms with Gasteiger partial charge in [0.15, 0.2) is 0 Å². The van der Waals surface area contributed by atoms with Crippen LogP contribution in [0.15, 0.2) is 36.7 Å². The Morgan fingerprint density at radius 1 is 1.38 bits per heavy atom. The number of benzene rings is 1. The standard InChI is InChI=1S/C17H23N3O/c1-13(2)9-18-10-17-19-7-8-20(17)11-14-12-21-16-6-4-3-5-15(14)16/h3-8,13-14,18H,9-12H2,1-2H3. The summed E-state index contributed by atoms with van der Waals surface area (Å²) in [5, 5.41) is 3.46. The summed E-state index contributed by atoms with van der Waals surface area (Å²) in [7, 11) is 0. The fourth-order valence-electron chi connectivity index (χ4n) is 2.76. The zero-order chi connectivity index (χ0) is 14.7. The summed E-state index contributed by atoms with van der Waals surface area (Å²) in [5.74, 6) is 3.20. The molecule has 3 rings (SSSR count). The monoisotopic (exact) mass is 285 g/mol. The molecule has 0 fully saturated rings. The van der Waals surface area contributed by atoms with Crippen molar-refractivity contribution in [2.45, 2.75) is 32.9 Å². The van der Waals surface area contributed by atoms with Gasteiger partial charge in [0.2, 0.25) is 0 Å². The lowest BCUT2D eigenvalue weighted by Gasteiger charge is -2.14. The fraction of sp³-hybridized carbons (Fsp3) is 0.471. The van der Waals surface area contributed by atoms with Crippen LogP contribution in [0.1, 0.15) is 31.2 Å². The van der Waals surface area contributed by atoms with E-state index in [-0.39, 0.29) is 0 Å². The van der Waals surface area contributed by atoms with Crippen LogP contribution in [0.3, 0.4) is 0 Å². The molecule has 1 atom stereocenters. The summed E-state index contributed by atoms with van der Waals surface area (Å²) >= 11 is 0. The van der Waals surface area contributed by atoms with E-state index in [4.69, 9.17) is 4.74 Å². The van der Waals surface area contributed by atoms with E-state index in [1.54, 1.807) is 0 Å². The van der Waals surface area contributed by atoms with Gasteiger partial charge < -0.3 is 14.6 Å². The molecule has 1 aliphatic rings. The Morgan fingerprint density at radius 2 is 2.24 bits per heavy atom. The Hall–Kier alpha value is -1.81. The lowest BCUT2D eigenvalue weighted by Crippen LogP contribution is -2.22. The Morgan fingerprint density at radius 3 is 3.10 bits per heavy atom. The topological polar surface area (TPSA) is 39.1 Å². The van der Waals surface area contributed by atoms with Crippen LogP contribution in [0.25, 0.3) is 0 Å². The number of hydrogen-bond donors (Lipinski definition) is 1. The third-order valence-corrected chi connectivity index (χ3v) is 3.85. The van der Waals surface area contributed by atoms with Crippen LogP contribution in [0.4, 0.5) is 0 Å². The number of rotatable bonds is 6. The zero-order valence-corrected chi connectivity index (χ0v) is 12.7. The molecule has 4 heteroatoms. The van der Waals surface area contributed by atoms with Crippen molar-refractivity contribution in [2.24, 2.45) is 5.92 Å². The molecule has 4 nitrogen and oxygen atoms in total. The van der Waals surface area contributed by atoms with Gasteiger partial charge in [0.25, 0.3) is 0 Å². The van der Waals surface area contributed by atoms with Crippen molar-refractivity contribution >= 4 is 0 Å². The molecule has 0 bridgehead atoms. The molecule has 1 N–H and O–H groups in total. The van der Waals surface area contributed by atoms with Crippen LogP contribution in [-0.2, 0) is 13.1 Å². The summed E-state index contributed by atoms with van der Waals surface area (Å²) < 4.78 is 8.00. The Kier molecular flexibility index (Phi) is 4.25. The summed E-state index contributed by atoms with van der Waals surface area (Å²) in [4.78, 5) is 4.47. The molecule has 112 valence electrons. The van der Waals surface area contributed by atoms with Crippen molar-refractivity contribution in [3.8, 4) is 5.75 Å². The molecule has 1 aromatic carbocycles. The second-order valence-electron chi connectivity index (χ2n) is 6.07. The van der Waals surface area contributed by atoms with E-state index in [0.717, 1.165) is 37.8 Å². The van der Waals surface area contributed by atoms with E-state index >= 15 is 0 Å². The second-order valence-corrected chi connectivity index (χ2v) is 6.07. The van der Waals surface area contributed by atoms with Gasteiger partial charge in [-0.3, -0.25) is 0 Å². The summed E-state index contributed by atoms with van der Waals surface area (Å²) in [5.41, 5.74) is 1.31. The highest BCUT2D eigenvalue weighted by Crippen LogP contribution is 2.34. The minimum atomic E-state index is 0.416. The van der Waals surface area contributed by atoms with Crippen molar-refractivity contribution in [1.82, 2.24) is 14.9 Å². The van der Waals surface area contributed by atoms with Gasteiger partial charge in [-0.15, -0.1) is 0 Å². The van der Waals surface area contributed by atoms with Gasteiger partial charge in [0.05, 0.1) is 13.2 Å². The van der Waals surface area contributed by atoms with Gasteiger partial charge in [0.1, 0.15) is 11.6 Å². The van der Waals surface area contributed by atoms with Gasteiger partial charge in [-0.1, -0.05) is 32.0 Å². The van der Waals surface area contributed by atoms with Crippen LogP contribution < -0.4 is 10.1 Å². The van der Waals surface area contributed by atoms with E-state index in [1.807, 2.05) is 18.3 Å². The predicted octanol–water partition coefficient (Wildman–Crippen LogP) is 2.80. The van der Waals surface area contributed by atoms with E-state index in [9.17, 15) is 0 Å². The third-order valence-electron chi connectivity index (χ3n) is 3.85. The first-order valence-corrected chi connectivity index (χ1v) is 7.66. The van der Waals surface area contributed by atoms with Crippen LogP contribution in [0, 0.1) is 5.92 Å². The van der Waals surface area contributed by atoms with Gasteiger partial charge in [0, 0.05) is 30.4 Å². The summed E-state index contributed by atoms with van der Waals surface area (Å²) in [6, 6.07) is 8.33. The highest BCUT2D eigenvalue weighted by atomic mass is 16.5. The molecule has 1 aromatic heterocycles. The zero-order valence-electron chi connectivity index (χ0n) is 12.7. The fourth-order valence-corrected chi connectivity index (χ4v) is 2.76. The maximum absolute atomic E-state index is 5.76. The Bertz CT molecular complexity index is 591. The van der Waals surface area contributed by atoms with Crippen LogP contribution in [0.5, 0.6) is 5.75 Å². The summed E-state index contributed by atoms with van der Waals surface area (Å²) in [6.45, 7) is 7.95. The van der Waals surface area contributed by atoms with Crippen molar-refractivity contribution in [1.29, 1.82) is 0 Å². The molecule has 0 saturated heterocycles. The minimum absolute atomic E-state index is 0.416. The number of aromatic nitrogens is 2. The van der Waals surface area contributed by atoms with Crippen LogP contribution in [0.2, 0.25) is 0 Å². The molecule has 0 aliphatic carbocycles.